The van der Waals surface area contributed by atoms with Crippen molar-refractivity contribution in [1.29, 1.82) is 0 Å². The lowest BCUT2D eigenvalue weighted by molar-refractivity contribution is -0.127. The number of methoxy groups -OCH3 is 1. The summed E-state index contributed by atoms with van der Waals surface area (Å²) in [6.07, 6.45) is 1.08. The second-order valence-corrected chi connectivity index (χ2v) is 10.7. The molecule has 9 heteroatoms. The molecule has 0 radical (unpaired) electrons. The van der Waals surface area contributed by atoms with Crippen LogP contribution in [0.25, 0.3) is 0 Å². The van der Waals surface area contributed by atoms with Crippen LogP contribution in [0.4, 0.5) is 5.69 Å². The summed E-state index contributed by atoms with van der Waals surface area (Å²) in [5.41, 5.74) is 2.53. The lowest BCUT2D eigenvalue weighted by Crippen LogP contribution is -2.51. The number of anilines is 1. The Labute approximate surface area is 218 Å². The van der Waals surface area contributed by atoms with E-state index in [0.29, 0.717) is 17.2 Å². The number of carbonyl (C=O) groups excluding carboxylic acids is 1. The van der Waals surface area contributed by atoms with Gasteiger partial charge in [-0.25, -0.2) is 8.42 Å². The molecule has 0 bridgehead atoms. The van der Waals surface area contributed by atoms with Gasteiger partial charge in [0.25, 0.3) is 15.9 Å². The Kier molecular flexibility index (Phi) is 8.23. The van der Waals surface area contributed by atoms with Gasteiger partial charge in [-0.3, -0.25) is 9.10 Å². The normalized spacial score (nSPS) is 14.9. The number of benzene rings is 3. The molecule has 1 amide bonds. The van der Waals surface area contributed by atoms with E-state index >= 15 is 0 Å². The largest absolute Gasteiger partial charge is 0.497 e. The number of nitrogens with zero attached hydrogens (tertiary/aromatic N) is 1. The fraction of sp³-hybridized carbons (Fsp3) is 0.321. The first-order valence-electron chi connectivity index (χ1n) is 12.3. The van der Waals surface area contributed by atoms with Crippen molar-refractivity contribution in [2.24, 2.45) is 0 Å². The highest BCUT2D eigenvalue weighted by Crippen LogP contribution is 2.38. The Morgan fingerprint density at radius 3 is 2.43 bits per heavy atom. The van der Waals surface area contributed by atoms with E-state index in [-0.39, 0.29) is 24.6 Å². The zero-order valence-corrected chi connectivity index (χ0v) is 22.1. The van der Waals surface area contributed by atoms with E-state index in [9.17, 15) is 13.2 Å². The summed E-state index contributed by atoms with van der Waals surface area (Å²) in [5, 5.41) is 2.80. The number of fused-ring (bicyclic) bond motifs is 1. The molecule has 0 saturated carbocycles. The molecule has 4 rings (SSSR count). The summed E-state index contributed by atoms with van der Waals surface area (Å²) in [4.78, 5) is 13.1. The fourth-order valence-electron chi connectivity index (χ4n) is 4.10. The summed E-state index contributed by atoms with van der Waals surface area (Å²) in [5.74, 6) is 1.20. The first-order chi connectivity index (χ1) is 17.8. The third-order valence-electron chi connectivity index (χ3n) is 6.06. The molecule has 1 aliphatic heterocycles. The van der Waals surface area contributed by atoms with Crippen LogP contribution in [0.15, 0.2) is 71.6 Å². The fourth-order valence-corrected chi connectivity index (χ4v) is 5.57. The van der Waals surface area contributed by atoms with Crippen molar-refractivity contribution in [2.75, 3.05) is 31.1 Å². The molecule has 1 aliphatic rings. The van der Waals surface area contributed by atoms with Gasteiger partial charge in [-0.2, -0.15) is 0 Å². The molecule has 0 aromatic heterocycles. The summed E-state index contributed by atoms with van der Waals surface area (Å²) in [7, 11) is -2.44. The van der Waals surface area contributed by atoms with Gasteiger partial charge in [0.15, 0.2) is 6.10 Å². The Balaban J connectivity index is 1.44. The van der Waals surface area contributed by atoms with Crippen LogP contribution in [-0.2, 0) is 21.2 Å². The Morgan fingerprint density at radius 1 is 1.05 bits per heavy atom. The highest BCUT2D eigenvalue weighted by atomic mass is 32.2. The molecule has 3 aromatic carbocycles. The number of carbonyl (C=O) groups is 1. The van der Waals surface area contributed by atoms with Crippen LogP contribution in [-0.4, -0.2) is 47.2 Å². The maximum atomic E-state index is 13.6. The van der Waals surface area contributed by atoms with Crippen LogP contribution in [0.1, 0.15) is 24.5 Å². The quantitative estimate of drug-likeness (QED) is 0.401. The van der Waals surface area contributed by atoms with Gasteiger partial charge in [0.05, 0.1) is 30.8 Å². The Morgan fingerprint density at radius 2 is 1.76 bits per heavy atom. The molecule has 0 unspecified atom stereocenters. The van der Waals surface area contributed by atoms with Crippen LogP contribution in [0.2, 0.25) is 0 Å². The minimum absolute atomic E-state index is 0.0965. The standard InChI is InChI=1S/C28H32N2O6S/c1-4-5-21-7-9-23(10-8-21)35-17-16-29-28(31)27-19-30(25-15-6-20(2)18-26(25)36-27)37(32,33)24-13-11-22(34-3)12-14-24/h6-15,18,27H,4-5,16-17,19H2,1-3H3,(H,29,31)/t27-/m0/s1. The van der Waals surface area contributed by atoms with Crippen LogP contribution in [0.5, 0.6) is 17.2 Å². The highest BCUT2D eigenvalue weighted by molar-refractivity contribution is 7.92. The van der Waals surface area contributed by atoms with Crippen molar-refractivity contribution in [1.82, 2.24) is 5.32 Å². The number of nitrogens with one attached hydrogen (secondary N) is 1. The van der Waals surface area contributed by atoms with Gasteiger partial charge in [-0.15, -0.1) is 0 Å². The first-order valence-corrected chi connectivity index (χ1v) is 13.7. The second kappa shape index (κ2) is 11.6. The first kappa shape index (κ1) is 26.3. The number of amides is 1. The van der Waals surface area contributed by atoms with Gasteiger partial charge in [0.2, 0.25) is 0 Å². The van der Waals surface area contributed by atoms with Gasteiger partial charge >= 0.3 is 0 Å². The number of rotatable bonds is 10. The summed E-state index contributed by atoms with van der Waals surface area (Å²) in [6.45, 7) is 4.38. The van der Waals surface area contributed by atoms with E-state index < -0.39 is 22.0 Å². The smallest absolute Gasteiger partial charge is 0.264 e. The number of ether oxygens (including phenoxy) is 3. The zero-order valence-electron chi connectivity index (χ0n) is 21.3. The van der Waals surface area contributed by atoms with E-state index in [1.54, 1.807) is 24.3 Å². The van der Waals surface area contributed by atoms with Crippen molar-refractivity contribution in [3.63, 3.8) is 0 Å². The molecule has 0 aliphatic carbocycles. The average Bonchev–Trinajstić information content (AvgIpc) is 2.91. The average molecular weight is 525 g/mol. The molecule has 0 saturated heterocycles. The molecule has 1 heterocycles. The van der Waals surface area contributed by atoms with E-state index in [1.165, 1.54) is 29.1 Å². The van der Waals surface area contributed by atoms with Crippen LogP contribution < -0.4 is 23.8 Å². The van der Waals surface area contributed by atoms with Gasteiger partial charge in [-0.05, 0) is 73.0 Å². The molecule has 3 aromatic rings. The van der Waals surface area contributed by atoms with Crippen LogP contribution >= 0.6 is 0 Å². The van der Waals surface area contributed by atoms with Crippen molar-refractivity contribution in [3.8, 4) is 17.2 Å². The SMILES string of the molecule is CCCc1ccc(OCCNC(=O)[C@@H]2CN(S(=O)(=O)c3ccc(OC)cc3)c3ccc(C)cc3O2)cc1. The van der Waals surface area contributed by atoms with Gasteiger partial charge in [0.1, 0.15) is 23.9 Å². The predicted molar refractivity (Wildman–Crippen MR) is 142 cm³/mol. The molecule has 37 heavy (non-hydrogen) atoms. The highest BCUT2D eigenvalue weighted by Gasteiger charge is 2.37. The van der Waals surface area contributed by atoms with Gasteiger partial charge in [0, 0.05) is 0 Å². The van der Waals surface area contributed by atoms with Crippen molar-refractivity contribution >= 4 is 21.6 Å². The third kappa shape index (κ3) is 6.17. The minimum Gasteiger partial charge on any atom is -0.497 e. The van der Waals surface area contributed by atoms with Gasteiger partial charge < -0.3 is 19.5 Å². The third-order valence-corrected chi connectivity index (χ3v) is 7.85. The maximum absolute atomic E-state index is 13.6. The summed E-state index contributed by atoms with van der Waals surface area (Å²) < 4.78 is 45.2. The van der Waals surface area contributed by atoms with Crippen molar-refractivity contribution in [2.45, 2.75) is 37.7 Å². The molecule has 0 spiro atoms. The monoisotopic (exact) mass is 524 g/mol. The molecule has 8 nitrogen and oxygen atoms in total. The molecule has 1 atom stereocenters. The van der Waals surface area contributed by atoms with E-state index in [0.717, 1.165) is 24.2 Å². The summed E-state index contributed by atoms with van der Waals surface area (Å²) in [6, 6.07) is 19.3. The number of aryl methyl sites for hydroxylation is 2. The van der Waals surface area contributed by atoms with Gasteiger partial charge in [-0.1, -0.05) is 31.5 Å². The number of sulfonamides is 1. The number of hydrogen-bond donors (Lipinski definition) is 1. The molecular formula is C28H32N2O6S. The van der Waals surface area contributed by atoms with E-state index in [2.05, 4.69) is 12.2 Å². The van der Waals surface area contributed by atoms with Crippen molar-refractivity contribution in [3.05, 3.63) is 77.9 Å². The molecule has 196 valence electrons. The summed E-state index contributed by atoms with van der Waals surface area (Å²) >= 11 is 0. The van der Waals surface area contributed by atoms with E-state index in [1.807, 2.05) is 37.3 Å². The van der Waals surface area contributed by atoms with Crippen LogP contribution in [0, 0.1) is 6.92 Å². The Bertz CT molecular complexity index is 1320. The van der Waals surface area contributed by atoms with Crippen LogP contribution in [0.3, 0.4) is 0 Å². The molecular weight excluding hydrogens is 492 g/mol. The lowest BCUT2D eigenvalue weighted by atomic mass is 10.1. The zero-order chi connectivity index (χ0) is 26.4. The molecule has 1 N–H and O–H groups in total. The Hall–Kier alpha value is -3.72. The lowest BCUT2D eigenvalue weighted by Gasteiger charge is -2.35. The topological polar surface area (TPSA) is 94.2 Å². The van der Waals surface area contributed by atoms with Crippen molar-refractivity contribution < 1.29 is 27.4 Å². The predicted octanol–water partition coefficient (Wildman–Crippen LogP) is 4.11. The minimum atomic E-state index is -3.96. The maximum Gasteiger partial charge on any atom is 0.264 e. The number of hydrogen-bond acceptors (Lipinski definition) is 6. The second-order valence-electron chi connectivity index (χ2n) is 8.82. The molecule has 0 fully saturated rings. The van der Waals surface area contributed by atoms with E-state index in [4.69, 9.17) is 14.2 Å².